The fourth-order valence-electron chi connectivity index (χ4n) is 4.46. The number of ether oxygens (including phenoxy) is 1. The van der Waals surface area contributed by atoms with Crippen LogP contribution in [0.5, 0.6) is 5.75 Å². The first-order valence-corrected chi connectivity index (χ1v) is 13.7. The van der Waals surface area contributed by atoms with Gasteiger partial charge in [0.05, 0.1) is 17.2 Å². The molecule has 2 aromatic carbocycles. The zero-order valence-corrected chi connectivity index (χ0v) is 19.8. The Morgan fingerprint density at radius 1 is 1.16 bits per heavy atom. The third kappa shape index (κ3) is 4.45. The van der Waals surface area contributed by atoms with E-state index in [2.05, 4.69) is 13.0 Å². The Labute approximate surface area is 189 Å². The Kier molecular flexibility index (Phi) is 6.84. The van der Waals surface area contributed by atoms with E-state index in [0.717, 1.165) is 54.9 Å². The van der Waals surface area contributed by atoms with Gasteiger partial charge in [0, 0.05) is 17.4 Å². The van der Waals surface area contributed by atoms with Crippen molar-refractivity contribution in [1.29, 1.82) is 0 Å². The van der Waals surface area contributed by atoms with Crippen LogP contribution < -0.4 is 9.04 Å². The molecule has 0 spiro atoms. The lowest BCUT2D eigenvalue weighted by Gasteiger charge is -2.37. The molecule has 2 atom stereocenters. The van der Waals surface area contributed by atoms with Gasteiger partial charge in [-0.25, -0.2) is 8.42 Å². The van der Waals surface area contributed by atoms with Crippen LogP contribution in [0.2, 0.25) is 0 Å². The highest BCUT2D eigenvalue weighted by molar-refractivity contribution is 7.99. The largest absolute Gasteiger partial charge is 0.489 e. The van der Waals surface area contributed by atoms with E-state index >= 15 is 0 Å². The highest BCUT2D eigenvalue weighted by Gasteiger charge is 2.35. The maximum atomic E-state index is 13.8. The number of hydrogen-bond acceptors (Lipinski definition) is 5. The van der Waals surface area contributed by atoms with Gasteiger partial charge in [-0.3, -0.25) is 4.31 Å². The lowest BCUT2D eigenvalue weighted by atomic mass is 9.94. The third-order valence-corrected chi connectivity index (χ3v) is 9.27. The first-order valence-electron chi connectivity index (χ1n) is 11.1. The molecule has 1 N–H and O–H groups in total. The number of aliphatic hydroxyl groups excluding tert-OH is 1. The predicted molar refractivity (Wildman–Crippen MR) is 127 cm³/mol. The number of benzene rings is 2. The van der Waals surface area contributed by atoms with Gasteiger partial charge in [0.1, 0.15) is 11.9 Å². The van der Waals surface area contributed by atoms with E-state index in [0.29, 0.717) is 11.3 Å². The highest BCUT2D eigenvalue weighted by atomic mass is 32.2. The molecule has 2 aliphatic heterocycles. The smallest absolute Gasteiger partial charge is 0.264 e. The SMILES string of the molecule is CCc1ccc2c(c1)CC[C@@H](CC)N2S(=O)(=O)c1ccc(OC2CCSC2)c(CO)c1. The Bertz CT molecular complexity index is 1030. The number of nitrogens with zero attached hydrogens (tertiary/aromatic N) is 1. The van der Waals surface area contributed by atoms with Crippen LogP contribution in [0.4, 0.5) is 5.69 Å². The van der Waals surface area contributed by atoms with Gasteiger partial charge in [0.25, 0.3) is 10.0 Å². The number of thioether (sulfide) groups is 1. The average molecular weight is 462 g/mol. The zero-order valence-electron chi connectivity index (χ0n) is 18.2. The molecular weight excluding hydrogens is 430 g/mol. The normalized spacial score (nSPS) is 21.2. The summed E-state index contributed by atoms with van der Waals surface area (Å²) in [7, 11) is -3.77. The fourth-order valence-corrected chi connectivity index (χ4v) is 7.40. The topological polar surface area (TPSA) is 66.8 Å². The molecule has 1 fully saturated rings. The van der Waals surface area contributed by atoms with E-state index in [9.17, 15) is 13.5 Å². The summed E-state index contributed by atoms with van der Waals surface area (Å²) < 4.78 is 35.2. The van der Waals surface area contributed by atoms with E-state index in [1.807, 2.05) is 30.8 Å². The van der Waals surface area contributed by atoms with Gasteiger partial charge in [-0.05, 0) is 73.2 Å². The van der Waals surface area contributed by atoms with Crippen molar-refractivity contribution in [2.24, 2.45) is 0 Å². The molecule has 0 aromatic heterocycles. The molecule has 2 heterocycles. The van der Waals surface area contributed by atoms with Crippen LogP contribution in [0.25, 0.3) is 0 Å². The van der Waals surface area contributed by atoms with Crippen molar-refractivity contribution >= 4 is 27.5 Å². The zero-order chi connectivity index (χ0) is 22.0. The summed E-state index contributed by atoms with van der Waals surface area (Å²) in [5.74, 6) is 2.57. The van der Waals surface area contributed by atoms with Gasteiger partial charge >= 0.3 is 0 Å². The Morgan fingerprint density at radius 2 is 2.00 bits per heavy atom. The van der Waals surface area contributed by atoms with Gasteiger partial charge in [0.2, 0.25) is 0 Å². The minimum absolute atomic E-state index is 0.0750. The monoisotopic (exact) mass is 461 g/mol. The third-order valence-electron chi connectivity index (χ3n) is 6.28. The summed E-state index contributed by atoms with van der Waals surface area (Å²) in [4.78, 5) is 0.204. The molecule has 7 heteroatoms. The molecule has 5 nitrogen and oxygen atoms in total. The second kappa shape index (κ2) is 9.43. The van der Waals surface area contributed by atoms with E-state index < -0.39 is 10.0 Å². The minimum atomic E-state index is -3.77. The molecule has 0 aliphatic carbocycles. The second-order valence-corrected chi connectivity index (χ2v) is 11.2. The van der Waals surface area contributed by atoms with E-state index in [1.54, 1.807) is 22.5 Å². The lowest BCUT2D eigenvalue weighted by Crippen LogP contribution is -2.43. The summed E-state index contributed by atoms with van der Waals surface area (Å²) in [5, 5.41) is 9.91. The minimum Gasteiger partial charge on any atom is -0.489 e. The van der Waals surface area contributed by atoms with E-state index in [-0.39, 0.29) is 23.6 Å². The fraction of sp³-hybridized carbons (Fsp3) is 0.500. The average Bonchev–Trinajstić information content (AvgIpc) is 3.31. The van der Waals surface area contributed by atoms with Crippen molar-refractivity contribution < 1.29 is 18.3 Å². The van der Waals surface area contributed by atoms with Crippen LogP contribution >= 0.6 is 11.8 Å². The predicted octanol–water partition coefficient (Wildman–Crippen LogP) is 4.55. The van der Waals surface area contributed by atoms with Crippen LogP contribution in [-0.4, -0.2) is 37.2 Å². The van der Waals surface area contributed by atoms with Crippen molar-refractivity contribution in [2.45, 2.75) is 69.6 Å². The molecule has 0 bridgehead atoms. The van der Waals surface area contributed by atoms with Crippen LogP contribution in [0, 0.1) is 0 Å². The van der Waals surface area contributed by atoms with Gasteiger partial charge in [0.15, 0.2) is 0 Å². The maximum absolute atomic E-state index is 13.8. The maximum Gasteiger partial charge on any atom is 0.264 e. The molecule has 2 aliphatic rings. The van der Waals surface area contributed by atoms with Gasteiger partial charge in [-0.2, -0.15) is 11.8 Å². The van der Waals surface area contributed by atoms with Crippen molar-refractivity contribution in [3.63, 3.8) is 0 Å². The Balaban J connectivity index is 1.71. The number of hydrogen-bond donors (Lipinski definition) is 1. The van der Waals surface area contributed by atoms with Crippen molar-refractivity contribution in [2.75, 3.05) is 15.8 Å². The molecule has 168 valence electrons. The summed E-state index contributed by atoms with van der Waals surface area (Å²) in [5.41, 5.74) is 3.61. The summed E-state index contributed by atoms with van der Waals surface area (Å²) >= 11 is 1.85. The summed E-state index contributed by atoms with van der Waals surface area (Å²) in [6.45, 7) is 3.89. The van der Waals surface area contributed by atoms with Crippen LogP contribution in [0.15, 0.2) is 41.3 Å². The highest BCUT2D eigenvalue weighted by Crippen LogP contribution is 2.38. The van der Waals surface area contributed by atoms with Crippen molar-refractivity contribution in [3.8, 4) is 5.75 Å². The first kappa shape index (κ1) is 22.5. The molecule has 0 radical (unpaired) electrons. The second-order valence-electron chi connectivity index (χ2n) is 8.25. The molecule has 0 saturated carbocycles. The van der Waals surface area contributed by atoms with Crippen LogP contribution in [0.1, 0.15) is 49.8 Å². The van der Waals surface area contributed by atoms with Gasteiger partial charge < -0.3 is 9.84 Å². The number of anilines is 1. The molecule has 1 saturated heterocycles. The van der Waals surface area contributed by atoms with Gasteiger partial charge in [-0.15, -0.1) is 0 Å². The number of rotatable bonds is 7. The number of aliphatic hydroxyl groups is 1. The van der Waals surface area contributed by atoms with Crippen molar-refractivity contribution in [1.82, 2.24) is 0 Å². The summed E-state index contributed by atoms with van der Waals surface area (Å²) in [6, 6.07) is 10.9. The molecule has 2 aromatic rings. The number of sulfonamides is 1. The Hall–Kier alpha value is -1.70. The lowest BCUT2D eigenvalue weighted by molar-refractivity contribution is 0.215. The number of fused-ring (bicyclic) bond motifs is 1. The van der Waals surface area contributed by atoms with E-state index in [1.165, 1.54) is 5.56 Å². The van der Waals surface area contributed by atoms with Crippen LogP contribution in [0.3, 0.4) is 0 Å². The molecule has 0 amide bonds. The molecule has 4 rings (SSSR count). The first-order chi connectivity index (χ1) is 15.0. The Morgan fingerprint density at radius 3 is 2.68 bits per heavy atom. The molecule has 1 unspecified atom stereocenters. The standard InChI is InChI=1S/C24H31NO4S2/c1-3-17-5-9-23-18(13-17)6-7-20(4-2)25(23)31(27,28)22-8-10-24(19(14-22)15-26)29-21-11-12-30-16-21/h5,8-10,13-14,20-21,26H,3-4,6-7,11-12,15-16H2,1-2H3/t20-,21?/m1/s1. The van der Waals surface area contributed by atoms with Crippen molar-refractivity contribution in [3.05, 3.63) is 53.1 Å². The molecular formula is C24H31NO4S2. The molecule has 31 heavy (non-hydrogen) atoms. The van der Waals surface area contributed by atoms with Crippen LogP contribution in [-0.2, 0) is 29.5 Å². The quantitative estimate of drug-likeness (QED) is 0.655. The van der Waals surface area contributed by atoms with Gasteiger partial charge in [-0.1, -0.05) is 26.0 Å². The summed E-state index contributed by atoms with van der Waals surface area (Å²) in [6.07, 6.45) is 4.46. The van der Waals surface area contributed by atoms with E-state index in [4.69, 9.17) is 4.74 Å². The number of aryl methyl sites for hydroxylation is 2.